The van der Waals surface area contributed by atoms with Crippen LogP contribution in [0.3, 0.4) is 0 Å². The van der Waals surface area contributed by atoms with E-state index in [-0.39, 0.29) is 32.5 Å². The molecular weight excluding hydrogens is 367 g/mol. The molecule has 7 heteroatoms. The van der Waals surface area contributed by atoms with Crippen molar-refractivity contribution in [2.45, 2.75) is 13.0 Å². The van der Waals surface area contributed by atoms with Crippen LogP contribution in [-0.4, -0.2) is 12.1 Å². The van der Waals surface area contributed by atoms with Gasteiger partial charge in [-0.2, -0.15) is 0 Å². The summed E-state index contributed by atoms with van der Waals surface area (Å²) in [4.78, 5) is 23.9. The van der Waals surface area contributed by atoms with E-state index in [2.05, 4.69) is 0 Å². The summed E-state index contributed by atoms with van der Waals surface area (Å²) in [6.07, 6.45) is -1.35. The molecule has 0 aliphatic rings. The Morgan fingerprint density at radius 3 is 2.52 bits per heavy atom. The molecule has 0 fully saturated rings. The molecule has 0 spiro atoms. The predicted molar refractivity (Wildman–Crippen MR) is 93.0 cm³/mol. The molecule has 0 amide bonds. The molecule has 1 aromatic heterocycles. The van der Waals surface area contributed by atoms with Crippen molar-refractivity contribution in [3.63, 3.8) is 0 Å². The van der Waals surface area contributed by atoms with E-state index in [1.807, 2.05) is 0 Å². The summed E-state index contributed by atoms with van der Waals surface area (Å²) >= 11 is 12.1. The molecule has 0 bridgehead atoms. The number of carbonyl (C=O) groups excluding carboxylic acids is 1. The number of ether oxygens (including phenoxy) is 1. The molecule has 0 aliphatic carbocycles. The minimum absolute atomic E-state index is 0.0791. The smallest absolute Gasteiger partial charge is 0.235 e. The first-order chi connectivity index (χ1) is 11.9. The Balaban J connectivity index is 2.35. The lowest BCUT2D eigenvalue weighted by molar-refractivity contribution is -0.312. The number of carboxylic acids is 1. The Morgan fingerprint density at radius 2 is 1.88 bits per heavy atom. The van der Waals surface area contributed by atoms with Crippen LogP contribution in [0.25, 0.3) is 22.3 Å². The maximum absolute atomic E-state index is 12.9. The topological polar surface area (TPSA) is 79.6 Å². The molecule has 1 atom stereocenters. The summed E-state index contributed by atoms with van der Waals surface area (Å²) in [5, 5.41) is 11.5. The number of carboxylic acid groups (broad SMARTS) is 1. The first-order valence-corrected chi connectivity index (χ1v) is 8.03. The number of benzene rings is 2. The number of hydrogen-bond acceptors (Lipinski definition) is 5. The van der Waals surface area contributed by atoms with Gasteiger partial charge in [0.1, 0.15) is 6.10 Å². The van der Waals surface area contributed by atoms with Gasteiger partial charge in [-0.25, -0.2) is 0 Å². The van der Waals surface area contributed by atoms with Gasteiger partial charge in [-0.1, -0.05) is 53.5 Å². The highest BCUT2D eigenvalue weighted by atomic mass is 35.5. The lowest BCUT2D eigenvalue weighted by Crippen LogP contribution is -2.38. The Morgan fingerprint density at radius 1 is 1.20 bits per heavy atom. The van der Waals surface area contributed by atoms with Crippen molar-refractivity contribution in [1.29, 1.82) is 0 Å². The lowest BCUT2D eigenvalue weighted by Gasteiger charge is -2.17. The van der Waals surface area contributed by atoms with Crippen molar-refractivity contribution in [1.82, 2.24) is 0 Å². The van der Waals surface area contributed by atoms with E-state index >= 15 is 0 Å². The van der Waals surface area contributed by atoms with Crippen LogP contribution in [0.1, 0.15) is 6.92 Å². The Labute approximate surface area is 152 Å². The number of carbonyl (C=O) groups is 1. The second-order valence-corrected chi connectivity index (χ2v) is 6.14. The summed E-state index contributed by atoms with van der Waals surface area (Å²) in [6.45, 7) is 1.26. The molecule has 2 aromatic carbocycles. The van der Waals surface area contributed by atoms with Crippen LogP contribution in [0.4, 0.5) is 0 Å². The molecule has 5 nitrogen and oxygen atoms in total. The molecule has 25 heavy (non-hydrogen) atoms. The monoisotopic (exact) mass is 377 g/mol. The van der Waals surface area contributed by atoms with E-state index in [1.165, 1.54) is 19.1 Å². The number of fused-ring (bicyclic) bond motifs is 1. The van der Waals surface area contributed by atoms with Gasteiger partial charge in [0.25, 0.3) is 0 Å². The highest BCUT2D eigenvalue weighted by Crippen LogP contribution is 2.35. The molecule has 3 aromatic rings. The van der Waals surface area contributed by atoms with E-state index in [9.17, 15) is 14.7 Å². The fourth-order valence-corrected chi connectivity index (χ4v) is 2.85. The van der Waals surface area contributed by atoms with Gasteiger partial charge >= 0.3 is 0 Å². The Kier molecular flexibility index (Phi) is 4.70. The van der Waals surface area contributed by atoms with Crippen LogP contribution in [0.5, 0.6) is 5.75 Å². The third-order valence-corrected chi connectivity index (χ3v) is 4.03. The van der Waals surface area contributed by atoms with Gasteiger partial charge in [-0.05, 0) is 19.1 Å². The van der Waals surface area contributed by atoms with Crippen LogP contribution in [-0.2, 0) is 4.79 Å². The molecular formula is C18H11Cl2O5-. The van der Waals surface area contributed by atoms with Crippen molar-refractivity contribution in [3.05, 3.63) is 62.7 Å². The normalized spacial score (nSPS) is 12.1. The van der Waals surface area contributed by atoms with Gasteiger partial charge in [0, 0.05) is 10.6 Å². The molecule has 0 aliphatic heterocycles. The number of hydrogen-bond donors (Lipinski definition) is 0. The summed E-state index contributed by atoms with van der Waals surface area (Å²) in [5.41, 5.74) is 0.106. The van der Waals surface area contributed by atoms with Crippen molar-refractivity contribution < 1.29 is 19.1 Å². The first kappa shape index (κ1) is 17.3. The maximum Gasteiger partial charge on any atom is 0.235 e. The summed E-state index contributed by atoms with van der Waals surface area (Å²) in [6, 6.07) is 11.5. The molecule has 0 unspecified atom stereocenters. The van der Waals surface area contributed by atoms with Gasteiger partial charge in [-0.3, -0.25) is 4.79 Å². The van der Waals surface area contributed by atoms with E-state index in [0.717, 1.165) is 0 Å². The minimum atomic E-state index is -1.46. The second-order valence-electron chi connectivity index (χ2n) is 5.30. The minimum Gasteiger partial charge on any atom is -0.546 e. The van der Waals surface area contributed by atoms with Crippen LogP contribution >= 0.6 is 23.2 Å². The number of aliphatic carboxylic acids is 1. The zero-order chi connectivity index (χ0) is 18.1. The second kappa shape index (κ2) is 6.78. The zero-order valence-electron chi connectivity index (χ0n) is 12.9. The van der Waals surface area contributed by atoms with Gasteiger partial charge in [-0.15, -0.1) is 0 Å². The fraction of sp³-hybridized carbons (Fsp3) is 0.111. The standard InChI is InChI=1S/C18H12Cl2O5/c1-9(18(22)23)24-17-14(21)12-7-11(19)8-13(20)16(12)25-15(17)10-5-3-2-4-6-10/h2-9H,1H3,(H,22,23)/p-1/t9-/m1/s1. The summed E-state index contributed by atoms with van der Waals surface area (Å²) in [5.74, 6) is -1.62. The van der Waals surface area contributed by atoms with E-state index in [1.54, 1.807) is 30.3 Å². The van der Waals surface area contributed by atoms with Crippen molar-refractivity contribution in [2.24, 2.45) is 0 Å². The van der Waals surface area contributed by atoms with Crippen LogP contribution < -0.4 is 15.3 Å². The first-order valence-electron chi connectivity index (χ1n) is 7.27. The Bertz CT molecular complexity index is 1010. The molecule has 3 rings (SSSR count). The van der Waals surface area contributed by atoms with Crippen LogP contribution in [0, 0.1) is 0 Å². The third-order valence-electron chi connectivity index (χ3n) is 3.53. The zero-order valence-corrected chi connectivity index (χ0v) is 14.4. The molecule has 1 heterocycles. The van der Waals surface area contributed by atoms with E-state index < -0.39 is 17.5 Å². The maximum atomic E-state index is 12.9. The van der Waals surface area contributed by atoms with Gasteiger partial charge in [0.05, 0.1) is 16.4 Å². The number of halogens is 2. The van der Waals surface area contributed by atoms with E-state index in [4.69, 9.17) is 32.4 Å². The molecule has 0 radical (unpaired) electrons. The van der Waals surface area contributed by atoms with Gasteiger partial charge in [0.15, 0.2) is 11.3 Å². The third kappa shape index (κ3) is 3.34. The molecule has 0 saturated heterocycles. The summed E-state index contributed by atoms with van der Waals surface area (Å²) in [7, 11) is 0. The average Bonchev–Trinajstić information content (AvgIpc) is 2.58. The SMILES string of the molecule is C[C@@H](Oc1c(-c2ccccc2)oc2c(Cl)cc(Cl)cc2c1=O)C(=O)[O-]. The molecule has 128 valence electrons. The quantitative estimate of drug-likeness (QED) is 0.696. The largest absolute Gasteiger partial charge is 0.546 e. The highest BCUT2D eigenvalue weighted by Gasteiger charge is 2.21. The molecule has 0 saturated carbocycles. The van der Waals surface area contributed by atoms with Gasteiger partial charge < -0.3 is 19.1 Å². The van der Waals surface area contributed by atoms with Crippen molar-refractivity contribution in [2.75, 3.05) is 0 Å². The van der Waals surface area contributed by atoms with Crippen molar-refractivity contribution in [3.8, 4) is 17.1 Å². The fourth-order valence-electron chi connectivity index (χ4n) is 2.32. The highest BCUT2D eigenvalue weighted by molar-refractivity contribution is 6.38. The summed E-state index contributed by atoms with van der Waals surface area (Å²) < 4.78 is 11.1. The average molecular weight is 378 g/mol. The van der Waals surface area contributed by atoms with Gasteiger partial charge in [0.2, 0.25) is 11.2 Å². The predicted octanol–water partition coefficient (Wildman–Crippen LogP) is 3.28. The Hall–Kier alpha value is -2.50. The van der Waals surface area contributed by atoms with E-state index in [0.29, 0.717) is 5.56 Å². The van der Waals surface area contributed by atoms with Crippen molar-refractivity contribution >= 4 is 40.1 Å². The van der Waals surface area contributed by atoms with Crippen LogP contribution in [0.2, 0.25) is 10.0 Å². The molecule has 0 N–H and O–H groups in total. The van der Waals surface area contributed by atoms with Crippen LogP contribution in [0.15, 0.2) is 51.7 Å². The lowest BCUT2D eigenvalue weighted by atomic mass is 10.1. The number of rotatable bonds is 4.